The van der Waals surface area contributed by atoms with Crippen molar-refractivity contribution in [3.63, 3.8) is 0 Å². The number of hydrogen-bond donors (Lipinski definition) is 2. The van der Waals surface area contributed by atoms with Gasteiger partial charge in [0.25, 0.3) is 0 Å². The Kier molecular flexibility index (Phi) is 5.14. The number of benzene rings is 1. The van der Waals surface area contributed by atoms with Gasteiger partial charge in [0.05, 0.1) is 22.7 Å². The van der Waals surface area contributed by atoms with Crippen LogP contribution in [0.15, 0.2) is 24.3 Å². The van der Waals surface area contributed by atoms with E-state index in [1.165, 1.54) is 0 Å². The Morgan fingerprint density at radius 3 is 2.81 bits per heavy atom. The second-order valence-corrected chi connectivity index (χ2v) is 5.68. The SMILES string of the molecule is C[C@H]1C[C@@H](CC(=O)NC(=S)Nc2ccccc2Cl)C(=O)O1. The fraction of sp³-hybridized carbons (Fsp3) is 0.357. The molecule has 0 spiro atoms. The maximum absolute atomic E-state index is 11.9. The van der Waals surface area contributed by atoms with Crippen LogP contribution in [-0.2, 0) is 14.3 Å². The van der Waals surface area contributed by atoms with E-state index in [9.17, 15) is 9.59 Å². The molecule has 0 radical (unpaired) electrons. The first-order chi connectivity index (χ1) is 9.95. The third-order valence-corrected chi connectivity index (χ3v) is 3.61. The third-order valence-electron chi connectivity index (χ3n) is 3.07. The standard InChI is InChI=1S/C14H15ClN2O3S/c1-8-6-9(13(19)20-8)7-12(18)17-14(21)16-11-5-3-2-4-10(11)15/h2-5,8-9H,6-7H2,1H3,(H2,16,17,18,21)/t8-,9-/m0/s1. The van der Waals surface area contributed by atoms with Gasteiger partial charge >= 0.3 is 5.97 Å². The molecule has 21 heavy (non-hydrogen) atoms. The molecule has 1 heterocycles. The van der Waals surface area contributed by atoms with Gasteiger partial charge in [-0.2, -0.15) is 0 Å². The van der Waals surface area contributed by atoms with Gasteiger partial charge < -0.3 is 15.4 Å². The summed E-state index contributed by atoms with van der Waals surface area (Å²) in [4.78, 5) is 23.3. The Labute approximate surface area is 133 Å². The number of ether oxygens (including phenoxy) is 1. The molecule has 1 aliphatic heterocycles. The first-order valence-corrected chi connectivity index (χ1v) is 7.30. The number of halogens is 1. The second kappa shape index (κ2) is 6.87. The molecular weight excluding hydrogens is 312 g/mol. The molecule has 1 amide bonds. The molecule has 1 aliphatic rings. The first kappa shape index (κ1) is 15.7. The van der Waals surface area contributed by atoms with E-state index in [0.29, 0.717) is 17.1 Å². The number of anilines is 1. The molecule has 2 N–H and O–H groups in total. The van der Waals surface area contributed by atoms with E-state index in [4.69, 9.17) is 28.6 Å². The molecule has 0 aliphatic carbocycles. The van der Waals surface area contributed by atoms with Gasteiger partial charge in [-0.25, -0.2) is 0 Å². The molecule has 0 saturated carbocycles. The number of para-hydroxylation sites is 1. The predicted octanol–water partition coefficient (Wildman–Crippen LogP) is 2.49. The summed E-state index contributed by atoms with van der Waals surface area (Å²) in [5.74, 6) is -1.05. The summed E-state index contributed by atoms with van der Waals surface area (Å²) in [6.07, 6.45) is 0.480. The average molecular weight is 327 g/mol. The van der Waals surface area contributed by atoms with Crippen LogP contribution in [0.1, 0.15) is 19.8 Å². The van der Waals surface area contributed by atoms with Gasteiger partial charge in [-0.1, -0.05) is 23.7 Å². The Hall–Kier alpha value is -1.66. The van der Waals surface area contributed by atoms with Gasteiger partial charge in [-0.05, 0) is 37.7 Å². The molecule has 0 unspecified atom stereocenters. The Balaban J connectivity index is 1.84. The van der Waals surface area contributed by atoms with Crippen LogP contribution in [0.4, 0.5) is 5.69 Å². The van der Waals surface area contributed by atoms with Gasteiger partial charge in [0.15, 0.2) is 5.11 Å². The number of amides is 1. The lowest BCUT2D eigenvalue weighted by atomic mass is 10.0. The van der Waals surface area contributed by atoms with E-state index >= 15 is 0 Å². The molecule has 0 bridgehead atoms. The molecule has 1 aromatic rings. The van der Waals surface area contributed by atoms with Crippen molar-refractivity contribution in [1.82, 2.24) is 5.32 Å². The molecule has 7 heteroatoms. The number of carbonyl (C=O) groups excluding carboxylic acids is 2. The number of cyclic esters (lactones) is 1. The van der Waals surface area contributed by atoms with Crippen LogP contribution in [-0.4, -0.2) is 23.1 Å². The van der Waals surface area contributed by atoms with Crippen molar-refractivity contribution in [2.75, 3.05) is 5.32 Å². The average Bonchev–Trinajstić information content (AvgIpc) is 2.70. The molecule has 112 valence electrons. The molecule has 1 fully saturated rings. The molecule has 0 aromatic heterocycles. The van der Waals surface area contributed by atoms with Crippen molar-refractivity contribution in [2.45, 2.75) is 25.9 Å². The van der Waals surface area contributed by atoms with Gasteiger partial charge in [-0.3, -0.25) is 9.59 Å². The zero-order valence-electron chi connectivity index (χ0n) is 11.4. The Morgan fingerprint density at radius 1 is 1.48 bits per heavy atom. The van der Waals surface area contributed by atoms with Crippen LogP contribution in [0.3, 0.4) is 0 Å². The number of nitrogens with one attached hydrogen (secondary N) is 2. The lowest BCUT2D eigenvalue weighted by Crippen LogP contribution is -2.35. The summed E-state index contributed by atoms with van der Waals surface area (Å²) in [6.45, 7) is 1.80. The highest BCUT2D eigenvalue weighted by Gasteiger charge is 2.33. The largest absolute Gasteiger partial charge is 0.462 e. The normalized spacial score (nSPS) is 20.8. The summed E-state index contributed by atoms with van der Waals surface area (Å²) in [5.41, 5.74) is 0.610. The van der Waals surface area contributed by atoms with Crippen molar-refractivity contribution in [3.8, 4) is 0 Å². The quantitative estimate of drug-likeness (QED) is 0.660. The zero-order chi connectivity index (χ0) is 15.4. The summed E-state index contributed by atoms with van der Waals surface area (Å²) in [6, 6.07) is 7.05. The van der Waals surface area contributed by atoms with Crippen LogP contribution >= 0.6 is 23.8 Å². The van der Waals surface area contributed by atoms with Crippen molar-refractivity contribution in [2.24, 2.45) is 5.92 Å². The molecular formula is C14H15ClN2O3S. The third kappa shape index (κ3) is 4.41. The summed E-state index contributed by atoms with van der Waals surface area (Å²) < 4.78 is 5.01. The number of thiocarbonyl (C=S) groups is 1. The van der Waals surface area contributed by atoms with Gasteiger partial charge in [0, 0.05) is 6.42 Å². The lowest BCUT2D eigenvalue weighted by Gasteiger charge is -2.11. The van der Waals surface area contributed by atoms with E-state index < -0.39 is 5.92 Å². The van der Waals surface area contributed by atoms with E-state index in [2.05, 4.69) is 10.6 Å². The lowest BCUT2D eigenvalue weighted by molar-refractivity contribution is -0.145. The first-order valence-electron chi connectivity index (χ1n) is 6.51. The fourth-order valence-corrected chi connectivity index (χ4v) is 2.53. The minimum atomic E-state index is -0.400. The minimum Gasteiger partial charge on any atom is -0.462 e. The summed E-state index contributed by atoms with van der Waals surface area (Å²) in [5, 5.41) is 6.02. The predicted molar refractivity (Wildman–Crippen MR) is 84.1 cm³/mol. The number of rotatable bonds is 3. The van der Waals surface area contributed by atoms with Crippen LogP contribution in [0.25, 0.3) is 0 Å². The molecule has 5 nitrogen and oxygen atoms in total. The Morgan fingerprint density at radius 2 is 2.19 bits per heavy atom. The van der Waals surface area contributed by atoms with E-state index in [1.807, 2.05) is 0 Å². The Bertz CT molecular complexity index is 579. The highest BCUT2D eigenvalue weighted by atomic mass is 35.5. The summed E-state index contributed by atoms with van der Waals surface area (Å²) >= 11 is 11.0. The van der Waals surface area contributed by atoms with E-state index in [-0.39, 0.29) is 29.5 Å². The number of esters is 1. The number of hydrogen-bond acceptors (Lipinski definition) is 4. The van der Waals surface area contributed by atoms with Crippen molar-refractivity contribution >= 4 is 46.5 Å². The van der Waals surface area contributed by atoms with Crippen LogP contribution in [0.5, 0.6) is 0 Å². The topological polar surface area (TPSA) is 67.4 Å². The molecule has 1 aromatic carbocycles. The molecule has 2 rings (SSSR count). The zero-order valence-corrected chi connectivity index (χ0v) is 13.0. The maximum atomic E-state index is 11.9. The fourth-order valence-electron chi connectivity index (χ4n) is 2.12. The number of carbonyl (C=O) groups is 2. The van der Waals surface area contributed by atoms with Gasteiger partial charge in [-0.15, -0.1) is 0 Å². The van der Waals surface area contributed by atoms with Gasteiger partial charge in [0.1, 0.15) is 0 Å². The smallest absolute Gasteiger partial charge is 0.309 e. The summed E-state index contributed by atoms with van der Waals surface area (Å²) in [7, 11) is 0. The molecule has 2 atom stereocenters. The highest BCUT2D eigenvalue weighted by Crippen LogP contribution is 2.23. The van der Waals surface area contributed by atoms with Crippen molar-refractivity contribution in [3.05, 3.63) is 29.3 Å². The van der Waals surface area contributed by atoms with Crippen molar-refractivity contribution < 1.29 is 14.3 Å². The minimum absolute atomic E-state index is 0.0630. The van der Waals surface area contributed by atoms with Crippen molar-refractivity contribution in [1.29, 1.82) is 0 Å². The molecule has 1 saturated heterocycles. The maximum Gasteiger partial charge on any atom is 0.309 e. The highest BCUT2D eigenvalue weighted by molar-refractivity contribution is 7.80. The van der Waals surface area contributed by atoms with Crippen LogP contribution < -0.4 is 10.6 Å². The second-order valence-electron chi connectivity index (χ2n) is 4.87. The van der Waals surface area contributed by atoms with Crippen LogP contribution in [0.2, 0.25) is 5.02 Å². The monoisotopic (exact) mass is 326 g/mol. The van der Waals surface area contributed by atoms with E-state index in [0.717, 1.165) is 0 Å². The van der Waals surface area contributed by atoms with Crippen LogP contribution in [0, 0.1) is 5.92 Å². The van der Waals surface area contributed by atoms with E-state index in [1.54, 1.807) is 31.2 Å². The van der Waals surface area contributed by atoms with Gasteiger partial charge in [0.2, 0.25) is 5.91 Å².